The van der Waals surface area contributed by atoms with Crippen LogP contribution >= 0.6 is 0 Å². The van der Waals surface area contributed by atoms with E-state index in [1.807, 2.05) is 0 Å². The standard InChI is InChI=1S/C12H8F9NO/c13-10(14,15)5-22-9(23)3-6-1-7(11(16,17)18)4-8(2-6)12(19,20)21/h1-2,4H,3,5H2,(H,22,23). The topological polar surface area (TPSA) is 29.1 Å². The highest BCUT2D eigenvalue weighted by Gasteiger charge is 2.37. The fourth-order valence-corrected chi connectivity index (χ4v) is 1.57. The molecule has 0 fully saturated rings. The Morgan fingerprint density at radius 1 is 0.826 bits per heavy atom. The molecule has 1 aromatic rings. The van der Waals surface area contributed by atoms with Gasteiger partial charge in [0.1, 0.15) is 6.54 Å². The first-order chi connectivity index (χ1) is 10.2. The predicted molar refractivity (Wildman–Crippen MR) is 59.2 cm³/mol. The predicted octanol–water partition coefficient (Wildman–Crippen LogP) is 3.95. The molecule has 1 aromatic carbocycles. The largest absolute Gasteiger partial charge is 0.416 e. The highest BCUT2D eigenvalue weighted by molar-refractivity contribution is 5.78. The zero-order valence-corrected chi connectivity index (χ0v) is 11.0. The SMILES string of the molecule is O=C(Cc1cc(C(F)(F)F)cc(C(F)(F)F)c1)NCC(F)(F)F. The van der Waals surface area contributed by atoms with Crippen molar-refractivity contribution in [1.82, 2.24) is 5.32 Å². The van der Waals surface area contributed by atoms with E-state index in [9.17, 15) is 44.3 Å². The van der Waals surface area contributed by atoms with Crippen molar-refractivity contribution in [1.29, 1.82) is 0 Å². The van der Waals surface area contributed by atoms with Crippen LogP contribution in [0, 0.1) is 0 Å². The van der Waals surface area contributed by atoms with Gasteiger partial charge in [-0.1, -0.05) is 0 Å². The van der Waals surface area contributed by atoms with Gasteiger partial charge in [0, 0.05) is 0 Å². The van der Waals surface area contributed by atoms with Crippen LogP contribution in [0.3, 0.4) is 0 Å². The highest BCUT2D eigenvalue weighted by Crippen LogP contribution is 2.36. The second-order valence-electron chi connectivity index (χ2n) is 4.48. The number of alkyl halides is 9. The molecule has 1 amide bonds. The summed E-state index contributed by atoms with van der Waals surface area (Å²) in [5.41, 5.74) is -4.00. The summed E-state index contributed by atoms with van der Waals surface area (Å²) in [7, 11) is 0. The van der Waals surface area contributed by atoms with Crippen molar-refractivity contribution < 1.29 is 44.3 Å². The van der Waals surface area contributed by atoms with Gasteiger partial charge in [-0.15, -0.1) is 0 Å². The molecule has 2 nitrogen and oxygen atoms in total. The fraction of sp³-hybridized carbons (Fsp3) is 0.417. The van der Waals surface area contributed by atoms with Crippen LogP contribution in [0.2, 0.25) is 0 Å². The lowest BCUT2D eigenvalue weighted by molar-refractivity contribution is -0.143. The van der Waals surface area contributed by atoms with Crippen LogP contribution in [-0.4, -0.2) is 18.6 Å². The summed E-state index contributed by atoms with van der Waals surface area (Å²) in [6, 6.07) is 0.419. The van der Waals surface area contributed by atoms with Crippen molar-refractivity contribution in [2.45, 2.75) is 24.9 Å². The summed E-state index contributed by atoms with van der Waals surface area (Å²) in [4.78, 5) is 11.2. The van der Waals surface area contributed by atoms with Gasteiger partial charge in [-0.05, 0) is 23.8 Å². The molecular weight excluding hydrogens is 345 g/mol. The molecule has 0 aliphatic heterocycles. The van der Waals surface area contributed by atoms with Crippen LogP contribution in [0.25, 0.3) is 0 Å². The molecule has 0 spiro atoms. The van der Waals surface area contributed by atoms with Crippen LogP contribution in [0.5, 0.6) is 0 Å². The molecule has 23 heavy (non-hydrogen) atoms. The van der Waals surface area contributed by atoms with E-state index in [4.69, 9.17) is 0 Å². The van der Waals surface area contributed by atoms with Crippen molar-refractivity contribution in [2.75, 3.05) is 6.54 Å². The molecule has 130 valence electrons. The van der Waals surface area contributed by atoms with E-state index < -0.39 is 54.1 Å². The Hall–Kier alpha value is -1.94. The summed E-state index contributed by atoms with van der Waals surface area (Å²) in [5.74, 6) is -1.35. The van der Waals surface area contributed by atoms with E-state index in [1.165, 1.54) is 5.32 Å². The summed E-state index contributed by atoms with van der Waals surface area (Å²) in [6.07, 6.45) is -16.0. The maximum Gasteiger partial charge on any atom is 0.416 e. The van der Waals surface area contributed by atoms with Gasteiger partial charge in [0.2, 0.25) is 5.91 Å². The van der Waals surface area contributed by atoms with Gasteiger partial charge in [0.25, 0.3) is 0 Å². The number of carbonyl (C=O) groups is 1. The van der Waals surface area contributed by atoms with Crippen molar-refractivity contribution in [3.05, 3.63) is 34.9 Å². The second-order valence-corrected chi connectivity index (χ2v) is 4.48. The average molecular weight is 353 g/mol. The molecule has 11 heteroatoms. The number of benzene rings is 1. The van der Waals surface area contributed by atoms with E-state index in [1.54, 1.807) is 0 Å². The van der Waals surface area contributed by atoms with Gasteiger partial charge >= 0.3 is 18.5 Å². The first-order valence-electron chi connectivity index (χ1n) is 5.80. The molecular formula is C12H8F9NO. The Balaban J connectivity index is 3.04. The Bertz CT molecular complexity index is 539. The van der Waals surface area contributed by atoms with E-state index in [0.717, 1.165) is 0 Å². The maximum atomic E-state index is 12.6. The van der Waals surface area contributed by atoms with Gasteiger partial charge in [-0.25, -0.2) is 0 Å². The van der Waals surface area contributed by atoms with Crippen molar-refractivity contribution in [3.63, 3.8) is 0 Å². The summed E-state index contributed by atoms with van der Waals surface area (Å²) in [5, 5.41) is 1.36. The van der Waals surface area contributed by atoms with Gasteiger partial charge < -0.3 is 5.32 Å². The maximum absolute atomic E-state index is 12.6. The summed E-state index contributed by atoms with van der Waals surface area (Å²) in [6.45, 7) is -1.74. The van der Waals surface area contributed by atoms with Gasteiger partial charge in [0.15, 0.2) is 0 Å². The van der Waals surface area contributed by atoms with Crippen molar-refractivity contribution in [3.8, 4) is 0 Å². The summed E-state index contributed by atoms with van der Waals surface area (Å²) < 4.78 is 111. The van der Waals surface area contributed by atoms with Gasteiger partial charge in [0.05, 0.1) is 17.5 Å². The molecule has 0 aliphatic rings. The smallest absolute Gasteiger partial charge is 0.347 e. The molecule has 0 radical (unpaired) electrons. The quantitative estimate of drug-likeness (QED) is 0.820. The Morgan fingerprint density at radius 2 is 1.26 bits per heavy atom. The number of amides is 1. The highest BCUT2D eigenvalue weighted by atomic mass is 19.4. The lowest BCUT2D eigenvalue weighted by Gasteiger charge is -2.14. The fourth-order valence-electron chi connectivity index (χ4n) is 1.57. The number of halogens is 9. The molecule has 0 aliphatic carbocycles. The zero-order valence-electron chi connectivity index (χ0n) is 11.0. The minimum Gasteiger partial charge on any atom is -0.347 e. The van der Waals surface area contributed by atoms with E-state index in [-0.39, 0.29) is 18.2 Å². The average Bonchev–Trinajstić information content (AvgIpc) is 2.33. The van der Waals surface area contributed by atoms with Gasteiger partial charge in [-0.2, -0.15) is 39.5 Å². The normalized spacial score (nSPS) is 13.1. The molecule has 0 bridgehead atoms. The van der Waals surface area contributed by atoms with Crippen LogP contribution in [-0.2, 0) is 23.6 Å². The van der Waals surface area contributed by atoms with E-state index >= 15 is 0 Å². The molecule has 0 unspecified atom stereocenters. The number of nitrogens with one attached hydrogen (secondary N) is 1. The lowest BCUT2D eigenvalue weighted by Crippen LogP contribution is -2.34. The molecule has 1 rings (SSSR count). The number of hydrogen-bond donors (Lipinski definition) is 1. The minimum absolute atomic E-state index is 0.142. The Labute approximate surface area is 123 Å². The third-order valence-corrected chi connectivity index (χ3v) is 2.50. The number of rotatable bonds is 3. The van der Waals surface area contributed by atoms with Crippen LogP contribution in [0.4, 0.5) is 39.5 Å². The minimum atomic E-state index is -5.10. The third-order valence-electron chi connectivity index (χ3n) is 2.50. The lowest BCUT2D eigenvalue weighted by atomic mass is 10.0. The molecule has 0 aromatic heterocycles. The van der Waals surface area contributed by atoms with E-state index in [0.29, 0.717) is 0 Å². The summed E-state index contributed by atoms with van der Waals surface area (Å²) >= 11 is 0. The second kappa shape index (κ2) is 6.28. The molecule has 0 saturated heterocycles. The number of carbonyl (C=O) groups excluding carboxylic acids is 1. The first kappa shape index (κ1) is 19.1. The number of hydrogen-bond acceptors (Lipinski definition) is 1. The molecule has 0 heterocycles. The van der Waals surface area contributed by atoms with Crippen LogP contribution in [0.1, 0.15) is 16.7 Å². The molecule has 1 N–H and O–H groups in total. The van der Waals surface area contributed by atoms with Gasteiger partial charge in [-0.3, -0.25) is 4.79 Å². The van der Waals surface area contributed by atoms with Crippen molar-refractivity contribution >= 4 is 5.91 Å². The zero-order chi connectivity index (χ0) is 18.1. The molecule has 0 atom stereocenters. The third kappa shape index (κ3) is 6.37. The van der Waals surface area contributed by atoms with Crippen molar-refractivity contribution in [2.24, 2.45) is 0 Å². The van der Waals surface area contributed by atoms with E-state index in [2.05, 4.69) is 0 Å². The monoisotopic (exact) mass is 353 g/mol. The first-order valence-corrected chi connectivity index (χ1v) is 5.80. The van der Waals surface area contributed by atoms with Crippen LogP contribution in [0.15, 0.2) is 18.2 Å². The Morgan fingerprint density at radius 3 is 1.61 bits per heavy atom. The Kier molecular flexibility index (Phi) is 5.22. The van der Waals surface area contributed by atoms with Crippen LogP contribution < -0.4 is 5.32 Å². The molecule has 0 saturated carbocycles.